The number of amides is 2. The van der Waals surface area contributed by atoms with Crippen LogP contribution in [0.2, 0.25) is 5.02 Å². The molecule has 2 aliphatic heterocycles. The molecule has 0 aromatic heterocycles. The van der Waals surface area contributed by atoms with Crippen molar-refractivity contribution < 1.29 is 17.9 Å². The Balaban J connectivity index is 1.80. The van der Waals surface area contributed by atoms with Gasteiger partial charge < -0.3 is 15.0 Å². The zero-order valence-corrected chi connectivity index (χ0v) is 16.2. The first-order valence-corrected chi connectivity index (χ1v) is 10.5. The molecule has 2 heterocycles. The van der Waals surface area contributed by atoms with Gasteiger partial charge in [0.25, 0.3) is 0 Å². The number of hydrogen-bond acceptors (Lipinski definition) is 4. The summed E-state index contributed by atoms with van der Waals surface area (Å²) in [7, 11) is -3.14. The molecule has 1 fully saturated rings. The van der Waals surface area contributed by atoms with E-state index in [9.17, 15) is 13.2 Å². The second-order valence-corrected chi connectivity index (χ2v) is 10.3. The van der Waals surface area contributed by atoms with Crippen molar-refractivity contribution in [2.75, 3.05) is 24.2 Å². The van der Waals surface area contributed by atoms with Crippen LogP contribution >= 0.6 is 11.6 Å². The molecule has 25 heavy (non-hydrogen) atoms. The van der Waals surface area contributed by atoms with Gasteiger partial charge in [0.2, 0.25) is 0 Å². The number of urea groups is 1. The number of nitrogens with one attached hydrogen (secondary N) is 1. The van der Waals surface area contributed by atoms with Gasteiger partial charge in [-0.15, -0.1) is 0 Å². The van der Waals surface area contributed by atoms with Crippen molar-refractivity contribution in [3.63, 3.8) is 0 Å². The van der Waals surface area contributed by atoms with E-state index in [-0.39, 0.29) is 23.9 Å². The minimum Gasteiger partial charge on any atom is -0.485 e. The monoisotopic (exact) mass is 386 g/mol. The third-order valence-corrected chi connectivity index (χ3v) is 7.29. The Morgan fingerprint density at radius 3 is 2.80 bits per heavy atom. The zero-order chi connectivity index (χ0) is 18.4. The molecule has 1 saturated heterocycles. The Hall–Kier alpha value is -1.47. The molecule has 3 rings (SSSR count). The minimum absolute atomic E-state index is 0.0221. The maximum absolute atomic E-state index is 12.7. The number of halogens is 1. The number of rotatable bonds is 1. The van der Waals surface area contributed by atoms with E-state index >= 15 is 0 Å². The van der Waals surface area contributed by atoms with Crippen LogP contribution in [0, 0.1) is 0 Å². The van der Waals surface area contributed by atoms with Crippen LogP contribution in [0.5, 0.6) is 5.75 Å². The molecule has 0 bridgehead atoms. The Kier molecular flexibility index (Phi) is 4.66. The molecule has 2 aliphatic rings. The summed E-state index contributed by atoms with van der Waals surface area (Å²) in [5, 5.41) is 2.80. The molecule has 8 heteroatoms. The van der Waals surface area contributed by atoms with Gasteiger partial charge in [0, 0.05) is 25.1 Å². The first-order chi connectivity index (χ1) is 11.6. The van der Waals surface area contributed by atoms with Crippen LogP contribution in [0.15, 0.2) is 12.1 Å². The molecular formula is C17H23ClN2O4S. The first kappa shape index (κ1) is 18.3. The van der Waals surface area contributed by atoms with E-state index in [2.05, 4.69) is 5.32 Å². The summed E-state index contributed by atoms with van der Waals surface area (Å²) in [4.78, 5) is 14.2. The van der Waals surface area contributed by atoms with Gasteiger partial charge in [-0.1, -0.05) is 17.7 Å². The lowest BCUT2D eigenvalue weighted by molar-refractivity contribution is 0.139. The van der Waals surface area contributed by atoms with Gasteiger partial charge in [-0.2, -0.15) is 0 Å². The van der Waals surface area contributed by atoms with Crippen molar-refractivity contribution >= 4 is 33.2 Å². The van der Waals surface area contributed by atoms with Crippen molar-refractivity contribution in [1.29, 1.82) is 0 Å². The van der Waals surface area contributed by atoms with Crippen LogP contribution in [0.1, 0.15) is 32.8 Å². The van der Waals surface area contributed by atoms with E-state index in [1.807, 2.05) is 19.9 Å². The van der Waals surface area contributed by atoms with E-state index in [1.54, 1.807) is 13.0 Å². The van der Waals surface area contributed by atoms with Crippen molar-refractivity contribution in [3.05, 3.63) is 22.7 Å². The molecule has 138 valence electrons. The van der Waals surface area contributed by atoms with Crippen LogP contribution in [0.25, 0.3) is 0 Å². The van der Waals surface area contributed by atoms with Crippen molar-refractivity contribution in [2.45, 2.75) is 44.5 Å². The topological polar surface area (TPSA) is 75.7 Å². The predicted octanol–water partition coefficient (Wildman–Crippen LogP) is 3.09. The third kappa shape index (κ3) is 3.72. The molecule has 1 atom stereocenters. The van der Waals surface area contributed by atoms with Crippen LogP contribution in [-0.2, 0) is 16.3 Å². The summed E-state index contributed by atoms with van der Waals surface area (Å²) < 4.78 is 30.0. The van der Waals surface area contributed by atoms with Gasteiger partial charge in [0.15, 0.2) is 9.84 Å². The Bertz CT molecular complexity index is 807. The maximum Gasteiger partial charge on any atom is 0.322 e. The smallest absolute Gasteiger partial charge is 0.322 e. The van der Waals surface area contributed by atoms with Gasteiger partial charge in [-0.25, -0.2) is 13.2 Å². The fourth-order valence-corrected chi connectivity index (χ4v) is 4.74. The number of carbonyl (C=O) groups is 1. The molecule has 0 spiro atoms. The number of fused-ring (bicyclic) bond motifs is 1. The van der Waals surface area contributed by atoms with E-state index in [0.29, 0.717) is 29.4 Å². The minimum atomic E-state index is -3.14. The highest BCUT2D eigenvalue weighted by molar-refractivity contribution is 7.92. The first-order valence-electron chi connectivity index (χ1n) is 8.37. The molecule has 6 nitrogen and oxygen atoms in total. The molecule has 1 N–H and O–H groups in total. The standard InChI is InChI=1S/C17H23ClN2O4S/c1-11-6-7-20(8-9-25(11,22)23)16(21)19-14-13(18)5-4-12-10-17(2,3)24-15(12)14/h4-5,11H,6-10H2,1-3H3,(H,19,21). The molecule has 0 radical (unpaired) electrons. The molecule has 0 saturated carbocycles. The summed E-state index contributed by atoms with van der Waals surface area (Å²) in [6.45, 7) is 6.22. The quantitative estimate of drug-likeness (QED) is 0.804. The predicted molar refractivity (Wildman–Crippen MR) is 98.3 cm³/mol. The SMILES string of the molecule is CC1CCN(C(=O)Nc2c(Cl)ccc3c2OC(C)(C)C3)CCS1(=O)=O. The van der Waals surface area contributed by atoms with Gasteiger partial charge >= 0.3 is 6.03 Å². The van der Waals surface area contributed by atoms with Crippen LogP contribution in [-0.4, -0.2) is 49.0 Å². The van der Waals surface area contributed by atoms with Crippen LogP contribution < -0.4 is 10.1 Å². The third-order valence-electron chi connectivity index (χ3n) is 4.77. The highest BCUT2D eigenvalue weighted by Crippen LogP contribution is 2.44. The second kappa shape index (κ2) is 6.36. The Morgan fingerprint density at radius 1 is 1.36 bits per heavy atom. The second-order valence-electron chi connectivity index (χ2n) is 7.33. The fraction of sp³-hybridized carbons (Fsp3) is 0.588. The lowest BCUT2D eigenvalue weighted by Crippen LogP contribution is -2.37. The number of sulfone groups is 1. The molecule has 2 amide bonds. The van der Waals surface area contributed by atoms with Crippen LogP contribution in [0.3, 0.4) is 0 Å². The van der Waals surface area contributed by atoms with Crippen molar-refractivity contribution in [2.24, 2.45) is 0 Å². The molecule has 0 aliphatic carbocycles. The average molecular weight is 387 g/mol. The van der Waals surface area contributed by atoms with E-state index < -0.39 is 15.1 Å². The van der Waals surface area contributed by atoms with Crippen LogP contribution in [0.4, 0.5) is 10.5 Å². The molecule has 1 aromatic carbocycles. The van der Waals surface area contributed by atoms with Gasteiger partial charge in [0.1, 0.15) is 17.0 Å². The molecule has 1 aromatic rings. The lowest BCUT2D eigenvalue weighted by atomic mass is 10.0. The fourth-order valence-electron chi connectivity index (χ4n) is 3.20. The maximum atomic E-state index is 12.7. The van der Waals surface area contributed by atoms with Gasteiger partial charge in [0.05, 0.1) is 16.0 Å². The largest absolute Gasteiger partial charge is 0.485 e. The van der Waals surface area contributed by atoms with Gasteiger partial charge in [-0.05, 0) is 33.3 Å². The number of anilines is 1. The number of hydrogen-bond donors (Lipinski definition) is 1. The summed E-state index contributed by atoms with van der Waals surface area (Å²) in [5.74, 6) is 0.577. The number of ether oxygens (including phenoxy) is 1. The Morgan fingerprint density at radius 2 is 2.08 bits per heavy atom. The van der Waals surface area contributed by atoms with Crippen molar-refractivity contribution in [1.82, 2.24) is 4.90 Å². The zero-order valence-electron chi connectivity index (χ0n) is 14.6. The number of benzene rings is 1. The van der Waals surface area contributed by atoms with E-state index in [4.69, 9.17) is 16.3 Å². The number of nitrogens with zero attached hydrogens (tertiary/aromatic N) is 1. The highest BCUT2D eigenvalue weighted by atomic mass is 35.5. The van der Waals surface area contributed by atoms with E-state index in [1.165, 1.54) is 4.90 Å². The normalized spacial score (nSPS) is 24.2. The summed E-state index contributed by atoms with van der Waals surface area (Å²) in [6, 6.07) is 3.30. The van der Waals surface area contributed by atoms with E-state index in [0.717, 1.165) is 12.0 Å². The summed E-state index contributed by atoms with van der Waals surface area (Å²) in [5.41, 5.74) is 1.10. The highest BCUT2D eigenvalue weighted by Gasteiger charge is 2.34. The average Bonchev–Trinajstić information content (AvgIpc) is 2.76. The summed E-state index contributed by atoms with van der Waals surface area (Å²) >= 11 is 6.28. The molecular weight excluding hydrogens is 364 g/mol. The van der Waals surface area contributed by atoms with Crippen molar-refractivity contribution in [3.8, 4) is 5.75 Å². The molecule has 1 unspecified atom stereocenters. The number of carbonyl (C=O) groups excluding carboxylic acids is 1. The van der Waals surface area contributed by atoms with Gasteiger partial charge in [-0.3, -0.25) is 0 Å². The summed E-state index contributed by atoms with van der Waals surface area (Å²) in [6.07, 6.45) is 1.17. The lowest BCUT2D eigenvalue weighted by Gasteiger charge is -2.22. The Labute approximate surface area is 153 Å².